The van der Waals surface area contributed by atoms with Crippen LogP contribution in [0.3, 0.4) is 0 Å². The number of benzene rings is 3. The van der Waals surface area contributed by atoms with E-state index in [0.717, 1.165) is 22.0 Å². The molecule has 3 aromatic carbocycles. The number of carbonyl (C=O) groups is 7. The molecule has 0 unspecified atom stereocenters. The van der Waals surface area contributed by atoms with E-state index in [0.29, 0.717) is 17.9 Å². The van der Waals surface area contributed by atoms with Gasteiger partial charge in [0.05, 0.1) is 65.9 Å². The van der Waals surface area contributed by atoms with Gasteiger partial charge in [-0.25, -0.2) is 4.79 Å². The molecule has 1 heterocycles. The lowest BCUT2D eigenvalue weighted by molar-refractivity contribution is -0.133. The van der Waals surface area contributed by atoms with Gasteiger partial charge in [-0.15, -0.1) is 0 Å². The number of carbonyl (C=O) groups excluding carboxylic acids is 7. The van der Waals surface area contributed by atoms with Crippen LogP contribution in [0.15, 0.2) is 79.0 Å². The minimum absolute atomic E-state index is 0.0113. The summed E-state index contributed by atoms with van der Waals surface area (Å²) in [5.41, 5.74) is 8.84. The van der Waals surface area contributed by atoms with Crippen molar-refractivity contribution in [3.8, 4) is 5.75 Å². The topological polar surface area (TPSA) is 321 Å². The Morgan fingerprint density at radius 2 is 1.07 bits per heavy atom. The molecule has 0 aliphatic carbocycles. The Morgan fingerprint density at radius 3 is 1.61 bits per heavy atom. The molecule has 1 aromatic heterocycles. The fourth-order valence-electron chi connectivity index (χ4n) is 6.28. The molecule has 0 saturated heterocycles. The summed E-state index contributed by atoms with van der Waals surface area (Å²) in [5, 5.41) is 28.9. The molecule has 24 heteroatoms. The molecule has 23 nitrogen and oxygen atoms in total. The fraction of sp³-hybridized carbons (Fsp3) is 0.426. The number of anilines is 2. The van der Waals surface area contributed by atoms with Crippen LogP contribution >= 0.6 is 12.6 Å². The highest BCUT2D eigenvalue weighted by Gasteiger charge is 2.26. The molecule has 11 N–H and O–H groups in total. The molecule has 4 aromatic rings. The molecule has 0 fully saturated rings. The van der Waals surface area contributed by atoms with E-state index in [-0.39, 0.29) is 134 Å². The SMILES string of the molecule is NC(=O)[C@H](CS)NC(=O)[C@H](Cc1c[nH]c2ccccc12)NC(=O)COCCOCCNC(=O)COCCOCCNC(=O)COCCOCCNC(=O)Cc1ccc(NC(=O)Nc2ccc(O)cc2)cc1. The predicted octanol–water partition coefficient (Wildman–Crippen LogP) is 0.136. The number of fused-ring (bicyclic) bond motifs is 1. The lowest BCUT2D eigenvalue weighted by Gasteiger charge is -2.21. The maximum atomic E-state index is 13.1. The number of thiol groups is 1. The van der Waals surface area contributed by atoms with Crippen molar-refractivity contribution in [3.05, 3.63) is 90.1 Å². The van der Waals surface area contributed by atoms with Crippen LogP contribution in [0.2, 0.25) is 0 Å². The molecular weight excluding hydrogens is 947 g/mol. The van der Waals surface area contributed by atoms with Crippen molar-refractivity contribution in [2.45, 2.75) is 24.9 Å². The first kappa shape index (κ1) is 56.8. The zero-order chi connectivity index (χ0) is 51.1. The third-order valence-corrected chi connectivity index (χ3v) is 10.2. The van der Waals surface area contributed by atoms with Crippen LogP contribution in [0.4, 0.5) is 16.2 Å². The number of H-pyrrole nitrogens is 1. The smallest absolute Gasteiger partial charge is 0.323 e. The number of hydrogen-bond acceptors (Lipinski definition) is 15. The molecule has 71 heavy (non-hydrogen) atoms. The highest BCUT2D eigenvalue weighted by Crippen LogP contribution is 2.20. The van der Waals surface area contributed by atoms with Crippen LogP contribution in [-0.4, -0.2) is 168 Å². The highest BCUT2D eigenvalue weighted by atomic mass is 32.1. The maximum Gasteiger partial charge on any atom is 0.323 e. The minimum atomic E-state index is -1.03. The summed E-state index contributed by atoms with van der Waals surface area (Å²) < 4.78 is 32.3. The predicted molar refractivity (Wildman–Crippen MR) is 264 cm³/mol. The van der Waals surface area contributed by atoms with Gasteiger partial charge in [0.2, 0.25) is 35.4 Å². The average molecular weight is 1010 g/mol. The standard InChI is InChI=1S/C47H63N9O14S/c48-45(62)40(31-71)56-46(63)39(26-33-27-52-38-4-2-1-3-37(33)38)55-44(61)30-70-24-21-67-18-15-51-43(60)29-69-23-20-66-17-14-50-42(59)28-68-22-19-65-16-13-49-41(58)25-32-5-7-34(8-6-32)53-47(64)54-35-9-11-36(57)12-10-35/h1-12,27,39-40,52,57,71H,13-26,28-31H2,(H2,48,62)(H,49,58)(H,50,59)(H,51,60)(H,55,61)(H,56,63)(H2,53,54,64)/t39-,40-/m0/s1. The number of nitrogens with two attached hydrogens (primary N) is 1. The van der Waals surface area contributed by atoms with Gasteiger partial charge in [-0.2, -0.15) is 12.6 Å². The van der Waals surface area contributed by atoms with Gasteiger partial charge in [0, 0.05) is 60.3 Å². The van der Waals surface area contributed by atoms with Crippen LogP contribution in [0.1, 0.15) is 11.1 Å². The molecule has 0 aliphatic rings. The molecule has 386 valence electrons. The number of aromatic hydroxyl groups is 1. The van der Waals surface area contributed by atoms with Crippen LogP contribution in [-0.2, 0) is 70.0 Å². The Bertz CT molecular complexity index is 2290. The van der Waals surface area contributed by atoms with Gasteiger partial charge in [0.25, 0.3) is 0 Å². The van der Waals surface area contributed by atoms with Crippen LogP contribution in [0.5, 0.6) is 5.75 Å². The number of amides is 8. The summed E-state index contributed by atoms with van der Waals surface area (Å²) in [6.07, 6.45) is 2.04. The van der Waals surface area contributed by atoms with E-state index >= 15 is 0 Å². The number of primary amides is 1. The van der Waals surface area contributed by atoms with Crippen molar-refractivity contribution in [3.63, 3.8) is 0 Å². The summed E-state index contributed by atoms with van der Waals surface area (Å²) >= 11 is 4.07. The fourth-order valence-corrected chi connectivity index (χ4v) is 6.55. The van der Waals surface area contributed by atoms with Gasteiger partial charge in [-0.1, -0.05) is 30.3 Å². The number of hydrogen-bond donors (Lipinski definition) is 11. The first-order valence-corrected chi connectivity index (χ1v) is 23.3. The molecule has 4 rings (SSSR count). The Morgan fingerprint density at radius 1 is 0.577 bits per heavy atom. The van der Waals surface area contributed by atoms with Crippen molar-refractivity contribution in [1.82, 2.24) is 31.6 Å². The summed E-state index contributed by atoms with van der Waals surface area (Å²) in [7, 11) is 0. The van der Waals surface area contributed by atoms with Crippen molar-refractivity contribution in [2.75, 3.05) is 115 Å². The Hall–Kier alpha value is -6.80. The maximum absolute atomic E-state index is 13.1. The molecule has 0 spiro atoms. The second kappa shape index (κ2) is 32.9. The highest BCUT2D eigenvalue weighted by molar-refractivity contribution is 7.80. The number of phenolic OH excluding ortho intramolecular Hbond substituents is 1. The van der Waals surface area contributed by atoms with E-state index in [4.69, 9.17) is 34.2 Å². The zero-order valence-electron chi connectivity index (χ0n) is 39.2. The number of nitrogens with one attached hydrogen (secondary N) is 8. The number of aromatic nitrogens is 1. The zero-order valence-corrected chi connectivity index (χ0v) is 40.1. The molecule has 2 atom stereocenters. The molecular formula is C47H63N9O14S. The van der Waals surface area contributed by atoms with Gasteiger partial charge in [0.15, 0.2) is 0 Å². The molecule has 8 amide bonds. The van der Waals surface area contributed by atoms with Crippen molar-refractivity contribution in [1.29, 1.82) is 0 Å². The van der Waals surface area contributed by atoms with Gasteiger partial charge in [0.1, 0.15) is 37.7 Å². The minimum Gasteiger partial charge on any atom is -0.508 e. The van der Waals surface area contributed by atoms with E-state index in [9.17, 15) is 38.7 Å². The van der Waals surface area contributed by atoms with Crippen LogP contribution in [0.25, 0.3) is 10.9 Å². The van der Waals surface area contributed by atoms with Gasteiger partial charge >= 0.3 is 6.03 Å². The lowest BCUT2D eigenvalue weighted by Crippen LogP contribution is -2.54. The number of para-hydroxylation sites is 1. The first-order chi connectivity index (χ1) is 34.4. The van der Waals surface area contributed by atoms with Crippen LogP contribution in [0, 0.1) is 0 Å². The van der Waals surface area contributed by atoms with Crippen LogP contribution < -0.4 is 43.0 Å². The van der Waals surface area contributed by atoms with Gasteiger partial charge in [-0.05, 0) is 53.6 Å². The number of ether oxygens (including phenoxy) is 6. The number of rotatable bonds is 35. The third kappa shape index (κ3) is 23.6. The van der Waals surface area contributed by atoms with E-state index in [1.165, 1.54) is 12.1 Å². The second-order valence-corrected chi connectivity index (χ2v) is 15.7. The average Bonchev–Trinajstić information content (AvgIpc) is 3.76. The van der Waals surface area contributed by atoms with Crippen molar-refractivity contribution >= 4 is 76.4 Å². The van der Waals surface area contributed by atoms with Gasteiger partial charge < -0.3 is 81.5 Å². The normalized spacial score (nSPS) is 11.8. The summed E-state index contributed by atoms with van der Waals surface area (Å²) in [4.78, 5) is 89.1. The summed E-state index contributed by atoms with van der Waals surface area (Å²) in [5.74, 6) is -2.69. The molecule has 0 radical (unpaired) electrons. The second-order valence-electron chi connectivity index (χ2n) is 15.4. The van der Waals surface area contributed by atoms with Crippen molar-refractivity contribution in [2.24, 2.45) is 5.73 Å². The van der Waals surface area contributed by atoms with Crippen molar-refractivity contribution < 1.29 is 67.1 Å². The molecule has 0 bridgehead atoms. The third-order valence-electron chi connectivity index (χ3n) is 9.82. The van der Waals surface area contributed by atoms with E-state index < -0.39 is 35.8 Å². The molecule has 0 saturated carbocycles. The summed E-state index contributed by atoms with van der Waals surface area (Å²) in [6.45, 7) is 1.72. The summed E-state index contributed by atoms with van der Waals surface area (Å²) in [6, 6.07) is 17.9. The quantitative estimate of drug-likeness (QED) is 0.0166. The van der Waals surface area contributed by atoms with E-state index in [1.54, 1.807) is 42.6 Å². The Kier molecular flexibility index (Phi) is 26.3. The lowest BCUT2D eigenvalue weighted by atomic mass is 10.0. The van der Waals surface area contributed by atoms with E-state index in [2.05, 4.69) is 54.8 Å². The Labute approximate surface area is 415 Å². The van der Waals surface area contributed by atoms with E-state index in [1.807, 2.05) is 24.3 Å². The van der Waals surface area contributed by atoms with Gasteiger partial charge in [-0.3, -0.25) is 28.8 Å². The number of aromatic amines is 1. The number of phenols is 1. The monoisotopic (exact) mass is 1010 g/mol. The first-order valence-electron chi connectivity index (χ1n) is 22.7. The number of urea groups is 1. The molecule has 0 aliphatic heterocycles. The Balaban J connectivity index is 0.900. The largest absolute Gasteiger partial charge is 0.508 e.